The molecule has 0 aromatic carbocycles. The highest BCUT2D eigenvalue weighted by Gasteiger charge is 2.17. The van der Waals surface area contributed by atoms with E-state index in [1.54, 1.807) is 6.20 Å². The molecule has 4 heteroatoms. The van der Waals surface area contributed by atoms with E-state index in [4.69, 9.17) is 11.6 Å². The Bertz CT molecular complexity index is 343. The molecule has 1 atom stereocenters. The van der Waals surface area contributed by atoms with Crippen LogP contribution in [0.2, 0.25) is 5.02 Å². The third-order valence-corrected chi connectivity index (χ3v) is 4.05. The second kappa shape index (κ2) is 10.2. The number of aryl methyl sites for hydroxylation is 1. The standard InChI is InChI=1S/C16H30ClN3/c1-4-6-7-8-9-10-11-15(18-12-5-2)16-14(17)13-19-20(16)3/h13,15,18H,4-12H2,1-3H3. The lowest BCUT2D eigenvalue weighted by molar-refractivity contribution is 0.443. The summed E-state index contributed by atoms with van der Waals surface area (Å²) in [4.78, 5) is 0. The first-order chi connectivity index (χ1) is 9.70. The molecule has 1 unspecified atom stereocenters. The van der Waals surface area contributed by atoms with Gasteiger partial charge in [-0.3, -0.25) is 4.68 Å². The van der Waals surface area contributed by atoms with E-state index < -0.39 is 0 Å². The third kappa shape index (κ3) is 5.84. The van der Waals surface area contributed by atoms with Crippen LogP contribution < -0.4 is 5.32 Å². The first-order valence-electron chi connectivity index (χ1n) is 8.11. The highest BCUT2D eigenvalue weighted by molar-refractivity contribution is 6.31. The average Bonchev–Trinajstić information content (AvgIpc) is 2.77. The molecule has 0 aliphatic heterocycles. The molecule has 0 spiro atoms. The largest absolute Gasteiger partial charge is 0.309 e. The van der Waals surface area contributed by atoms with Gasteiger partial charge in [0.15, 0.2) is 0 Å². The lowest BCUT2D eigenvalue weighted by atomic mass is 10.0. The summed E-state index contributed by atoms with van der Waals surface area (Å²) >= 11 is 6.28. The Hall–Kier alpha value is -0.540. The predicted molar refractivity (Wildman–Crippen MR) is 87.2 cm³/mol. The van der Waals surface area contributed by atoms with Crippen LogP contribution >= 0.6 is 11.6 Å². The Labute approximate surface area is 129 Å². The molecule has 1 aromatic heterocycles. The van der Waals surface area contributed by atoms with Crippen molar-refractivity contribution in [1.29, 1.82) is 0 Å². The van der Waals surface area contributed by atoms with E-state index in [2.05, 4.69) is 24.3 Å². The molecular weight excluding hydrogens is 270 g/mol. The van der Waals surface area contributed by atoms with Crippen LogP contribution in [0.15, 0.2) is 6.20 Å². The summed E-state index contributed by atoms with van der Waals surface area (Å²) < 4.78 is 1.91. The fourth-order valence-electron chi connectivity index (χ4n) is 2.59. The van der Waals surface area contributed by atoms with Crippen LogP contribution in [-0.2, 0) is 7.05 Å². The van der Waals surface area contributed by atoms with Crippen molar-refractivity contribution in [2.45, 2.75) is 71.3 Å². The molecule has 0 bridgehead atoms. The zero-order valence-electron chi connectivity index (χ0n) is 13.3. The van der Waals surface area contributed by atoms with E-state index in [-0.39, 0.29) is 0 Å². The van der Waals surface area contributed by atoms with Crippen molar-refractivity contribution >= 4 is 11.6 Å². The Morgan fingerprint density at radius 3 is 2.45 bits per heavy atom. The average molecular weight is 300 g/mol. The Balaban J connectivity index is 2.44. The summed E-state index contributed by atoms with van der Waals surface area (Å²) in [6.45, 7) is 5.48. The Morgan fingerprint density at radius 2 is 1.85 bits per heavy atom. The number of nitrogens with one attached hydrogen (secondary N) is 1. The van der Waals surface area contributed by atoms with Gasteiger partial charge in [-0.1, -0.05) is 64.0 Å². The molecule has 1 rings (SSSR count). The van der Waals surface area contributed by atoms with Crippen molar-refractivity contribution in [1.82, 2.24) is 15.1 Å². The molecule has 20 heavy (non-hydrogen) atoms. The molecule has 0 saturated carbocycles. The van der Waals surface area contributed by atoms with Gasteiger partial charge in [-0.2, -0.15) is 5.10 Å². The Kier molecular flexibility index (Phi) is 8.95. The summed E-state index contributed by atoms with van der Waals surface area (Å²) in [5.74, 6) is 0. The molecule has 1 aromatic rings. The molecule has 0 saturated heterocycles. The second-order valence-corrected chi connectivity index (χ2v) is 5.97. The van der Waals surface area contributed by atoms with Crippen LogP contribution in [0.1, 0.15) is 76.9 Å². The van der Waals surface area contributed by atoms with Gasteiger partial charge in [0.05, 0.1) is 23.0 Å². The van der Waals surface area contributed by atoms with Crippen molar-refractivity contribution in [2.75, 3.05) is 6.54 Å². The van der Waals surface area contributed by atoms with Gasteiger partial charge >= 0.3 is 0 Å². The van der Waals surface area contributed by atoms with Crippen LogP contribution in [0.5, 0.6) is 0 Å². The van der Waals surface area contributed by atoms with Gasteiger partial charge in [-0.05, 0) is 19.4 Å². The minimum Gasteiger partial charge on any atom is -0.309 e. The maximum atomic E-state index is 6.28. The fraction of sp³-hybridized carbons (Fsp3) is 0.812. The third-order valence-electron chi connectivity index (χ3n) is 3.75. The molecule has 116 valence electrons. The highest BCUT2D eigenvalue weighted by atomic mass is 35.5. The van der Waals surface area contributed by atoms with Gasteiger partial charge in [0.2, 0.25) is 0 Å². The molecular formula is C16H30ClN3. The highest BCUT2D eigenvalue weighted by Crippen LogP contribution is 2.26. The molecule has 0 fully saturated rings. The Morgan fingerprint density at radius 1 is 1.15 bits per heavy atom. The van der Waals surface area contributed by atoms with E-state index in [1.165, 1.54) is 38.5 Å². The van der Waals surface area contributed by atoms with Gasteiger partial charge < -0.3 is 5.32 Å². The zero-order valence-corrected chi connectivity index (χ0v) is 14.0. The molecule has 0 amide bonds. The number of nitrogens with zero attached hydrogens (tertiary/aromatic N) is 2. The van der Waals surface area contributed by atoms with Crippen molar-refractivity contribution in [2.24, 2.45) is 7.05 Å². The minimum absolute atomic E-state index is 0.334. The van der Waals surface area contributed by atoms with Gasteiger partial charge in [-0.25, -0.2) is 0 Å². The monoisotopic (exact) mass is 299 g/mol. The minimum atomic E-state index is 0.334. The van der Waals surface area contributed by atoms with E-state index in [1.807, 2.05) is 11.7 Å². The maximum absolute atomic E-state index is 6.28. The molecule has 1 N–H and O–H groups in total. The fourth-order valence-corrected chi connectivity index (χ4v) is 2.89. The van der Waals surface area contributed by atoms with Crippen LogP contribution in [-0.4, -0.2) is 16.3 Å². The van der Waals surface area contributed by atoms with Gasteiger partial charge in [0, 0.05) is 7.05 Å². The van der Waals surface area contributed by atoms with Crippen LogP contribution in [0.25, 0.3) is 0 Å². The number of hydrogen-bond donors (Lipinski definition) is 1. The summed E-state index contributed by atoms with van der Waals surface area (Å²) in [5.41, 5.74) is 1.13. The quantitative estimate of drug-likeness (QED) is 0.591. The van der Waals surface area contributed by atoms with Crippen LogP contribution in [0.4, 0.5) is 0 Å². The predicted octanol–water partition coefficient (Wildman–Crippen LogP) is 4.86. The molecule has 3 nitrogen and oxygen atoms in total. The van der Waals surface area contributed by atoms with Crippen molar-refractivity contribution in [3.05, 3.63) is 16.9 Å². The smallest absolute Gasteiger partial charge is 0.0833 e. The number of unbranched alkanes of at least 4 members (excludes halogenated alkanes) is 5. The van der Waals surface area contributed by atoms with Crippen molar-refractivity contribution < 1.29 is 0 Å². The van der Waals surface area contributed by atoms with Crippen LogP contribution in [0, 0.1) is 0 Å². The van der Waals surface area contributed by atoms with E-state index >= 15 is 0 Å². The van der Waals surface area contributed by atoms with Gasteiger partial charge in [-0.15, -0.1) is 0 Å². The molecule has 0 radical (unpaired) electrons. The van der Waals surface area contributed by atoms with Crippen LogP contribution in [0.3, 0.4) is 0 Å². The summed E-state index contributed by atoms with van der Waals surface area (Å²) in [6, 6.07) is 0.334. The van der Waals surface area contributed by atoms with E-state index in [9.17, 15) is 0 Å². The normalized spacial score (nSPS) is 12.8. The van der Waals surface area contributed by atoms with Crippen molar-refractivity contribution in [3.8, 4) is 0 Å². The molecule has 1 heterocycles. The maximum Gasteiger partial charge on any atom is 0.0833 e. The SMILES string of the molecule is CCCCCCCCC(NCCC)c1c(Cl)cnn1C. The second-order valence-electron chi connectivity index (χ2n) is 5.56. The zero-order chi connectivity index (χ0) is 14.8. The van der Waals surface area contributed by atoms with Crippen molar-refractivity contribution in [3.63, 3.8) is 0 Å². The molecule has 0 aliphatic carbocycles. The number of rotatable bonds is 11. The van der Waals surface area contributed by atoms with E-state index in [0.29, 0.717) is 6.04 Å². The van der Waals surface area contributed by atoms with Gasteiger partial charge in [0.1, 0.15) is 0 Å². The lowest BCUT2D eigenvalue weighted by Crippen LogP contribution is -2.24. The summed E-state index contributed by atoms with van der Waals surface area (Å²) in [7, 11) is 1.98. The van der Waals surface area contributed by atoms with E-state index in [0.717, 1.165) is 30.1 Å². The van der Waals surface area contributed by atoms with Gasteiger partial charge in [0.25, 0.3) is 0 Å². The summed E-state index contributed by atoms with van der Waals surface area (Å²) in [6.07, 6.45) is 12.0. The number of halogens is 1. The first kappa shape index (κ1) is 17.5. The molecule has 0 aliphatic rings. The topological polar surface area (TPSA) is 29.9 Å². The first-order valence-corrected chi connectivity index (χ1v) is 8.49. The lowest BCUT2D eigenvalue weighted by Gasteiger charge is -2.19. The summed E-state index contributed by atoms with van der Waals surface area (Å²) in [5, 5.41) is 8.65. The number of aromatic nitrogens is 2. The number of hydrogen-bond acceptors (Lipinski definition) is 2.